The Labute approximate surface area is 187 Å². The van der Waals surface area contributed by atoms with Gasteiger partial charge >= 0.3 is 0 Å². The van der Waals surface area contributed by atoms with Crippen molar-refractivity contribution in [2.45, 2.75) is 89.6 Å². The van der Waals surface area contributed by atoms with Crippen LogP contribution in [-0.2, 0) is 18.3 Å². The average Bonchev–Trinajstić information content (AvgIpc) is 2.98. The number of aliphatic hydroxyl groups is 1. The number of aromatic hydroxyl groups is 1. The second-order valence-corrected chi connectivity index (χ2v) is 11.9. The molecule has 0 bridgehead atoms. The molecule has 0 spiro atoms. The maximum absolute atomic E-state index is 12.0. The lowest BCUT2D eigenvalue weighted by Gasteiger charge is -2.53. The van der Waals surface area contributed by atoms with E-state index < -0.39 is 5.60 Å². The van der Waals surface area contributed by atoms with Crippen LogP contribution >= 0.6 is 0 Å². The first-order chi connectivity index (χ1) is 14.6. The molecule has 0 saturated heterocycles. The van der Waals surface area contributed by atoms with Crippen molar-refractivity contribution in [3.05, 3.63) is 64.7 Å². The van der Waals surface area contributed by atoms with Crippen LogP contribution < -0.4 is 0 Å². The second-order valence-electron chi connectivity index (χ2n) is 11.9. The summed E-state index contributed by atoms with van der Waals surface area (Å²) in [5.74, 6) is 2.24. The molecule has 0 heterocycles. The van der Waals surface area contributed by atoms with Gasteiger partial charge in [0.1, 0.15) is 5.75 Å². The first kappa shape index (κ1) is 21.1. The van der Waals surface area contributed by atoms with Gasteiger partial charge in [0.25, 0.3) is 0 Å². The predicted molar refractivity (Wildman–Crippen MR) is 127 cm³/mol. The van der Waals surface area contributed by atoms with Gasteiger partial charge in [-0.25, -0.2) is 0 Å². The highest BCUT2D eigenvalue weighted by molar-refractivity contribution is 5.40. The molecule has 0 aliphatic heterocycles. The van der Waals surface area contributed by atoms with E-state index in [0.717, 1.165) is 38.5 Å². The zero-order valence-corrected chi connectivity index (χ0v) is 19.6. The van der Waals surface area contributed by atoms with Crippen molar-refractivity contribution in [2.24, 2.45) is 17.3 Å². The summed E-state index contributed by atoms with van der Waals surface area (Å²) < 4.78 is 0. The van der Waals surface area contributed by atoms with E-state index in [1.54, 1.807) is 0 Å². The summed E-state index contributed by atoms with van der Waals surface area (Å²) in [5.41, 5.74) is 4.97. The fraction of sp³-hybridized carbons (Fsp3) is 0.586. The van der Waals surface area contributed by atoms with E-state index in [0.29, 0.717) is 23.5 Å². The van der Waals surface area contributed by atoms with Gasteiger partial charge < -0.3 is 10.2 Å². The zero-order chi connectivity index (χ0) is 22.0. The van der Waals surface area contributed by atoms with Gasteiger partial charge in [0.15, 0.2) is 0 Å². The van der Waals surface area contributed by atoms with Crippen LogP contribution in [-0.4, -0.2) is 15.8 Å². The van der Waals surface area contributed by atoms with Gasteiger partial charge in [-0.05, 0) is 101 Å². The molecule has 2 heteroatoms. The number of rotatable bonds is 2. The van der Waals surface area contributed by atoms with E-state index in [1.165, 1.54) is 28.7 Å². The molecule has 3 unspecified atom stereocenters. The van der Waals surface area contributed by atoms with Crippen LogP contribution in [0.15, 0.2) is 42.5 Å². The molecule has 166 valence electrons. The van der Waals surface area contributed by atoms with Crippen LogP contribution in [0, 0.1) is 17.3 Å². The first-order valence-electron chi connectivity index (χ1n) is 12.2. The van der Waals surface area contributed by atoms with E-state index in [-0.39, 0.29) is 10.8 Å². The molecular formula is C29H38O2. The van der Waals surface area contributed by atoms with Gasteiger partial charge in [0, 0.05) is 6.42 Å². The highest BCUT2D eigenvalue weighted by Crippen LogP contribution is 2.64. The molecule has 0 aromatic heterocycles. The number of fused-ring (bicyclic) bond motifs is 5. The molecule has 2 aromatic rings. The fourth-order valence-corrected chi connectivity index (χ4v) is 7.43. The summed E-state index contributed by atoms with van der Waals surface area (Å²) >= 11 is 0. The Morgan fingerprint density at radius 3 is 2.42 bits per heavy atom. The molecule has 5 rings (SSSR count). The van der Waals surface area contributed by atoms with Gasteiger partial charge in [-0.1, -0.05) is 58.0 Å². The van der Waals surface area contributed by atoms with Crippen molar-refractivity contribution in [1.29, 1.82) is 0 Å². The third kappa shape index (κ3) is 3.33. The lowest BCUT2D eigenvalue weighted by molar-refractivity contribution is -0.102. The van der Waals surface area contributed by atoms with Crippen LogP contribution in [0.1, 0.15) is 88.0 Å². The van der Waals surface area contributed by atoms with Crippen LogP contribution in [0.25, 0.3) is 0 Å². The Kier molecular flexibility index (Phi) is 4.83. The number of phenols is 1. The van der Waals surface area contributed by atoms with Crippen molar-refractivity contribution in [1.82, 2.24) is 0 Å². The van der Waals surface area contributed by atoms with Crippen LogP contribution in [0.2, 0.25) is 0 Å². The average molecular weight is 419 g/mol. The van der Waals surface area contributed by atoms with E-state index in [1.807, 2.05) is 12.1 Å². The summed E-state index contributed by atoms with van der Waals surface area (Å²) in [5, 5.41) is 21.9. The maximum atomic E-state index is 12.0. The number of hydrogen-bond acceptors (Lipinski definition) is 2. The minimum Gasteiger partial charge on any atom is -0.508 e. The lowest BCUT2D eigenvalue weighted by atomic mass is 9.53. The third-order valence-electron chi connectivity index (χ3n) is 9.35. The first-order valence-corrected chi connectivity index (χ1v) is 12.2. The number of aryl methyl sites for hydroxylation is 1. The molecule has 31 heavy (non-hydrogen) atoms. The Morgan fingerprint density at radius 2 is 1.71 bits per heavy atom. The summed E-state index contributed by atoms with van der Waals surface area (Å²) in [4.78, 5) is 0. The standard InChI is InChI=1S/C29H38O2/c1-27(2,3)21-8-5-19(6-9-21)18-29(31)16-14-26-25-11-7-20-17-22(30)10-12-23(20)24(25)13-15-28(26,29)4/h5-6,8-10,12,17,24-26,30-31H,7,11,13-16,18H2,1-4H3/t24?,25?,26?,28-,29+/m0/s1. The van der Waals surface area contributed by atoms with Crippen molar-refractivity contribution < 1.29 is 10.2 Å². The van der Waals surface area contributed by atoms with Crippen LogP contribution in [0.5, 0.6) is 5.75 Å². The molecule has 2 saturated carbocycles. The van der Waals surface area contributed by atoms with Crippen molar-refractivity contribution >= 4 is 0 Å². The predicted octanol–water partition coefficient (Wildman–Crippen LogP) is 6.52. The van der Waals surface area contributed by atoms with E-state index in [9.17, 15) is 10.2 Å². The summed E-state index contributed by atoms with van der Waals surface area (Å²) in [7, 11) is 0. The Balaban J connectivity index is 1.39. The minimum atomic E-state index is -0.610. The van der Waals surface area contributed by atoms with Gasteiger partial charge in [0.05, 0.1) is 5.60 Å². The molecule has 2 aromatic carbocycles. The maximum Gasteiger partial charge on any atom is 0.115 e. The molecule has 2 fully saturated rings. The molecule has 2 nitrogen and oxygen atoms in total. The largest absolute Gasteiger partial charge is 0.508 e. The van der Waals surface area contributed by atoms with Gasteiger partial charge in [0.2, 0.25) is 0 Å². The lowest BCUT2D eigenvalue weighted by Crippen LogP contribution is -2.51. The van der Waals surface area contributed by atoms with Crippen molar-refractivity contribution in [2.75, 3.05) is 0 Å². The van der Waals surface area contributed by atoms with Crippen LogP contribution in [0.4, 0.5) is 0 Å². The van der Waals surface area contributed by atoms with Crippen molar-refractivity contribution in [3.63, 3.8) is 0 Å². The Morgan fingerprint density at radius 1 is 0.968 bits per heavy atom. The molecule has 0 radical (unpaired) electrons. The number of phenolic OH excluding ortho intramolecular Hbond substituents is 1. The monoisotopic (exact) mass is 418 g/mol. The van der Waals surface area contributed by atoms with Gasteiger partial charge in [-0.15, -0.1) is 0 Å². The van der Waals surface area contributed by atoms with Crippen LogP contribution in [0.3, 0.4) is 0 Å². The summed E-state index contributed by atoms with van der Waals surface area (Å²) in [6.45, 7) is 9.14. The highest BCUT2D eigenvalue weighted by Gasteiger charge is 2.61. The molecular weight excluding hydrogens is 380 g/mol. The SMILES string of the molecule is CC(C)(C)c1ccc(C[C@]2(O)CCC3C4CCc5cc(O)ccc5C4CC[C@@]32C)cc1. The molecule has 5 atom stereocenters. The van der Waals surface area contributed by atoms with E-state index >= 15 is 0 Å². The third-order valence-corrected chi connectivity index (χ3v) is 9.35. The second kappa shape index (κ2) is 7.10. The number of benzene rings is 2. The quantitative estimate of drug-likeness (QED) is 0.583. The van der Waals surface area contributed by atoms with Gasteiger partial charge in [-0.2, -0.15) is 0 Å². The van der Waals surface area contributed by atoms with E-state index in [4.69, 9.17) is 0 Å². The zero-order valence-electron chi connectivity index (χ0n) is 19.6. The molecule has 0 amide bonds. The molecule has 3 aliphatic carbocycles. The smallest absolute Gasteiger partial charge is 0.115 e. The van der Waals surface area contributed by atoms with E-state index in [2.05, 4.69) is 58.0 Å². The molecule has 3 aliphatic rings. The van der Waals surface area contributed by atoms with Crippen molar-refractivity contribution in [3.8, 4) is 5.75 Å². The topological polar surface area (TPSA) is 40.5 Å². The Bertz CT molecular complexity index is 969. The fourth-order valence-electron chi connectivity index (χ4n) is 7.43. The van der Waals surface area contributed by atoms with Gasteiger partial charge in [-0.3, -0.25) is 0 Å². The summed E-state index contributed by atoms with van der Waals surface area (Å²) in [6.07, 6.45) is 7.33. The Hall–Kier alpha value is -1.80. The molecule has 2 N–H and O–H groups in total. The number of hydrogen-bond donors (Lipinski definition) is 2. The summed E-state index contributed by atoms with van der Waals surface area (Å²) in [6, 6.07) is 15.0. The normalized spacial score (nSPS) is 34.7. The minimum absolute atomic E-state index is 0.00864. The highest BCUT2D eigenvalue weighted by atomic mass is 16.3.